The highest BCUT2D eigenvalue weighted by atomic mass is 16.5. The van der Waals surface area contributed by atoms with E-state index in [0.717, 1.165) is 5.56 Å². The van der Waals surface area contributed by atoms with Crippen LogP contribution in [0.25, 0.3) is 0 Å². The van der Waals surface area contributed by atoms with Crippen molar-refractivity contribution in [2.45, 2.75) is 33.6 Å². The van der Waals surface area contributed by atoms with E-state index < -0.39 is 0 Å². The first-order valence-corrected chi connectivity index (χ1v) is 6.30. The van der Waals surface area contributed by atoms with Crippen molar-refractivity contribution in [3.05, 3.63) is 29.3 Å². The summed E-state index contributed by atoms with van der Waals surface area (Å²) in [7, 11) is 0. The van der Waals surface area contributed by atoms with Crippen molar-refractivity contribution in [3.8, 4) is 6.07 Å². The molecule has 0 unspecified atom stereocenters. The summed E-state index contributed by atoms with van der Waals surface area (Å²) in [4.78, 5) is 11.9. The second-order valence-corrected chi connectivity index (χ2v) is 5.31. The van der Waals surface area contributed by atoms with Crippen LogP contribution in [0.1, 0.15) is 42.6 Å². The molecule has 0 spiro atoms. The van der Waals surface area contributed by atoms with Gasteiger partial charge in [0, 0.05) is 5.69 Å². The van der Waals surface area contributed by atoms with E-state index >= 15 is 0 Å². The van der Waals surface area contributed by atoms with E-state index in [1.54, 1.807) is 18.2 Å². The molecule has 0 bridgehead atoms. The van der Waals surface area contributed by atoms with Gasteiger partial charge in [0.15, 0.2) is 0 Å². The SMILES string of the molecule is Cc1ccc(N)cc1C(=O)OCCCC(C)(C)C#N. The Kier molecular flexibility index (Phi) is 4.94. The van der Waals surface area contributed by atoms with Crippen LogP contribution in [0.3, 0.4) is 0 Å². The fourth-order valence-corrected chi connectivity index (χ4v) is 1.67. The molecule has 0 aromatic heterocycles. The number of hydrogen-bond donors (Lipinski definition) is 1. The summed E-state index contributed by atoms with van der Waals surface area (Å²) in [5, 5.41) is 8.88. The number of carbonyl (C=O) groups excluding carboxylic acids is 1. The van der Waals surface area contributed by atoms with Crippen molar-refractivity contribution in [2.24, 2.45) is 5.41 Å². The molecule has 0 saturated heterocycles. The molecule has 0 radical (unpaired) electrons. The van der Waals surface area contributed by atoms with Gasteiger partial charge >= 0.3 is 5.97 Å². The molecule has 4 nitrogen and oxygen atoms in total. The van der Waals surface area contributed by atoms with Gasteiger partial charge in [-0.25, -0.2) is 4.79 Å². The normalized spacial score (nSPS) is 10.8. The van der Waals surface area contributed by atoms with Crippen LogP contribution >= 0.6 is 0 Å². The lowest BCUT2D eigenvalue weighted by Crippen LogP contribution is -2.12. The highest BCUT2D eigenvalue weighted by molar-refractivity contribution is 5.92. The molecular weight excluding hydrogens is 240 g/mol. The summed E-state index contributed by atoms with van der Waals surface area (Å²) in [6.07, 6.45) is 1.38. The zero-order valence-electron chi connectivity index (χ0n) is 11.7. The van der Waals surface area contributed by atoms with Crippen LogP contribution in [-0.2, 0) is 4.74 Å². The number of esters is 1. The van der Waals surface area contributed by atoms with Crippen LogP contribution in [0, 0.1) is 23.7 Å². The summed E-state index contributed by atoms with van der Waals surface area (Å²) in [5.41, 5.74) is 7.16. The molecule has 19 heavy (non-hydrogen) atoms. The molecule has 0 fully saturated rings. The molecule has 4 heteroatoms. The molecule has 0 heterocycles. The number of hydrogen-bond acceptors (Lipinski definition) is 4. The molecule has 2 N–H and O–H groups in total. The van der Waals surface area contributed by atoms with Gasteiger partial charge in [-0.15, -0.1) is 0 Å². The Morgan fingerprint density at radius 3 is 2.79 bits per heavy atom. The minimum atomic E-state index is -0.375. The quantitative estimate of drug-likeness (QED) is 0.501. The largest absolute Gasteiger partial charge is 0.462 e. The number of anilines is 1. The number of nitrogens with two attached hydrogens (primary N) is 1. The predicted octanol–water partition coefficient (Wildman–Crippen LogP) is 3.06. The van der Waals surface area contributed by atoms with Gasteiger partial charge in [0.05, 0.1) is 23.7 Å². The molecule has 0 amide bonds. The Balaban J connectivity index is 2.49. The molecule has 0 aliphatic carbocycles. The number of aryl methyl sites for hydroxylation is 1. The van der Waals surface area contributed by atoms with E-state index in [1.807, 2.05) is 20.8 Å². The third-order valence-electron chi connectivity index (χ3n) is 2.96. The van der Waals surface area contributed by atoms with Gasteiger partial charge < -0.3 is 10.5 Å². The number of benzene rings is 1. The number of rotatable bonds is 5. The van der Waals surface area contributed by atoms with Crippen molar-refractivity contribution in [1.29, 1.82) is 5.26 Å². The number of carbonyl (C=O) groups is 1. The average molecular weight is 260 g/mol. The van der Waals surface area contributed by atoms with Crippen molar-refractivity contribution >= 4 is 11.7 Å². The van der Waals surface area contributed by atoms with Crippen LogP contribution in [0.15, 0.2) is 18.2 Å². The summed E-state index contributed by atoms with van der Waals surface area (Å²) in [5.74, 6) is -0.362. The van der Waals surface area contributed by atoms with Gasteiger partial charge in [-0.1, -0.05) is 6.07 Å². The number of nitriles is 1. The van der Waals surface area contributed by atoms with E-state index in [9.17, 15) is 4.79 Å². The summed E-state index contributed by atoms with van der Waals surface area (Å²) in [6.45, 7) is 5.90. The fraction of sp³-hybridized carbons (Fsp3) is 0.467. The second-order valence-electron chi connectivity index (χ2n) is 5.31. The van der Waals surface area contributed by atoms with Crippen LogP contribution in [0.4, 0.5) is 5.69 Å². The van der Waals surface area contributed by atoms with E-state index in [-0.39, 0.29) is 11.4 Å². The number of ether oxygens (including phenoxy) is 1. The molecule has 0 saturated carbocycles. The predicted molar refractivity (Wildman–Crippen MR) is 74.5 cm³/mol. The molecule has 0 aliphatic heterocycles. The second kappa shape index (κ2) is 6.24. The zero-order valence-corrected chi connectivity index (χ0v) is 11.7. The maximum Gasteiger partial charge on any atom is 0.338 e. The van der Waals surface area contributed by atoms with Crippen molar-refractivity contribution < 1.29 is 9.53 Å². The Bertz CT molecular complexity index is 501. The van der Waals surface area contributed by atoms with Crippen molar-refractivity contribution in [3.63, 3.8) is 0 Å². The average Bonchev–Trinajstić information content (AvgIpc) is 2.37. The summed E-state index contributed by atoms with van der Waals surface area (Å²) >= 11 is 0. The minimum absolute atomic E-state index is 0.318. The topological polar surface area (TPSA) is 76.1 Å². The monoisotopic (exact) mass is 260 g/mol. The van der Waals surface area contributed by atoms with E-state index in [4.69, 9.17) is 15.7 Å². The van der Waals surface area contributed by atoms with Crippen LogP contribution < -0.4 is 5.73 Å². The molecule has 0 atom stereocenters. The standard InChI is InChI=1S/C15H20N2O2/c1-11-5-6-12(17)9-13(11)14(18)19-8-4-7-15(2,3)10-16/h5-6,9H,4,7-8,17H2,1-3H3. The first-order valence-electron chi connectivity index (χ1n) is 6.30. The lowest BCUT2D eigenvalue weighted by molar-refractivity contribution is 0.0490. The van der Waals surface area contributed by atoms with Gasteiger partial charge in [-0.05, 0) is 51.3 Å². The molecule has 1 aromatic rings. The van der Waals surface area contributed by atoms with Gasteiger partial charge in [-0.2, -0.15) is 5.26 Å². The van der Waals surface area contributed by atoms with Gasteiger partial charge in [-0.3, -0.25) is 0 Å². The molecule has 1 aromatic carbocycles. The molecule has 1 rings (SSSR count). The maximum atomic E-state index is 11.9. The summed E-state index contributed by atoms with van der Waals surface area (Å²) in [6, 6.07) is 7.39. The first-order chi connectivity index (χ1) is 8.85. The van der Waals surface area contributed by atoms with E-state index in [1.165, 1.54) is 0 Å². The smallest absolute Gasteiger partial charge is 0.338 e. The van der Waals surface area contributed by atoms with Crippen LogP contribution in [0.5, 0.6) is 0 Å². The number of nitrogens with zero attached hydrogens (tertiary/aromatic N) is 1. The Labute approximate surface area is 114 Å². The maximum absolute atomic E-state index is 11.9. The molecule has 0 aliphatic rings. The molecular formula is C15H20N2O2. The van der Waals surface area contributed by atoms with Crippen molar-refractivity contribution in [2.75, 3.05) is 12.3 Å². The van der Waals surface area contributed by atoms with Gasteiger partial charge in [0.2, 0.25) is 0 Å². The fourth-order valence-electron chi connectivity index (χ4n) is 1.67. The molecule has 102 valence electrons. The van der Waals surface area contributed by atoms with E-state index in [0.29, 0.717) is 30.7 Å². The Morgan fingerprint density at radius 2 is 2.16 bits per heavy atom. The third kappa shape index (κ3) is 4.63. The first kappa shape index (κ1) is 15.0. The van der Waals surface area contributed by atoms with Crippen LogP contribution in [-0.4, -0.2) is 12.6 Å². The Hall–Kier alpha value is -2.02. The number of nitrogen functional groups attached to an aromatic ring is 1. The van der Waals surface area contributed by atoms with Crippen LogP contribution in [0.2, 0.25) is 0 Å². The van der Waals surface area contributed by atoms with Gasteiger partial charge in [0.1, 0.15) is 0 Å². The van der Waals surface area contributed by atoms with Gasteiger partial charge in [0.25, 0.3) is 0 Å². The highest BCUT2D eigenvalue weighted by Crippen LogP contribution is 2.21. The lowest BCUT2D eigenvalue weighted by atomic mass is 9.90. The lowest BCUT2D eigenvalue weighted by Gasteiger charge is -2.14. The minimum Gasteiger partial charge on any atom is -0.462 e. The third-order valence-corrected chi connectivity index (χ3v) is 2.96. The zero-order chi connectivity index (χ0) is 14.5. The summed E-state index contributed by atoms with van der Waals surface area (Å²) < 4.78 is 5.20. The highest BCUT2D eigenvalue weighted by Gasteiger charge is 2.16. The Morgan fingerprint density at radius 1 is 1.47 bits per heavy atom. The van der Waals surface area contributed by atoms with Crippen molar-refractivity contribution in [1.82, 2.24) is 0 Å². The van der Waals surface area contributed by atoms with E-state index in [2.05, 4.69) is 6.07 Å².